The monoisotopic (exact) mass is 368 g/mol. The van der Waals surface area contributed by atoms with Gasteiger partial charge in [-0.3, -0.25) is 9.59 Å². The largest absolute Gasteiger partial charge is 0.352 e. The zero-order valence-electron chi connectivity index (χ0n) is 15.8. The molecule has 2 aromatic rings. The molecule has 0 bridgehead atoms. The number of rotatable bonds is 4. The molecule has 1 aliphatic heterocycles. The van der Waals surface area contributed by atoms with Gasteiger partial charge in [0.1, 0.15) is 5.82 Å². The number of hydrogen-bond donors (Lipinski definition) is 1. The van der Waals surface area contributed by atoms with Gasteiger partial charge in [0.25, 0.3) is 5.91 Å². The quantitative estimate of drug-likeness (QED) is 0.896. The predicted octanol–water partition coefficient (Wildman–Crippen LogP) is 3.61. The summed E-state index contributed by atoms with van der Waals surface area (Å²) in [5, 5.41) is 2.89. The molecule has 1 heterocycles. The molecular weight excluding hydrogens is 343 g/mol. The third kappa shape index (κ3) is 4.73. The summed E-state index contributed by atoms with van der Waals surface area (Å²) in [7, 11) is 0. The van der Waals surface area contributed by atoms with Gasteiger partial charge in [-0.25, -0.2) is 4.39 Å². The molecule has 2 amide bonds. The Labute approximate surface area is 159 Å². The second-order valence-corrected chi connectivity index (χ2v) is 7.23. The Balaban J connectivity index is 1.49. The van der Waals surface area contributed by atoms with Crippen LogP contribution in [0.5, 0.6) is 0 Å². The molecule has 0 saturated carbocycles. The van der Waals surface area contributed by atoms with Crippen LogP contribution in [0.1, 0.15) is 39.9 Å². The van der Waals surface area contributed by atoms with Crippen molar-refractivity contribution in [3.63, 3.8) is 0 Å². The normalized spacial score (nSPS) is 14.9. The highest BCUT2D eigenvalue weighted by atomic mass is 19.1. The fourth-order valence-corrected chi connectivity index (χ4v) is 3.30. The lowest BCUT2D eigenvalue weighted by Gasteiger charge is -2.31. The molecule has 5 heteroatoms. The minimum absolute atomic E-state index is 0.0176. The molecule has 0 aliphatic carbocycles. The summed E-state index contributed by atoms with van der Waals surface area (Å²) < 4.78 is 13.6. The summed E-state index contributed by atoms with van der Waals surface area (Å²) in [4.78, 5) is 26.8. The number of amides is 2. The van der Waals surface area contributed by atoms with Crippen LogP contribution in [0, 0.1) is 25.6 Å². The van der Waals surface area contributed by atoms with Crippen molar-refractivity contribution in [1.82, 2.24) is 10.2 Å². The van der Waals surface area contributed by atoms with Gasteiger partial charge in [-0.05, 0) is 56.0 Å². The third-order valence-electron chi connectivity index (χ3n) is 5.15. The Hall–Kier alpha value is -2.69. The number of nitrogens with zero attached hydrogens (tertiary/aromatic N) is 1. The number of halogens is 1. The van der Waals surface area contributed by atoms with E-state index in [4.69, 9.17) is 0 Å². The molecule has 0 aromatic heterocycles. The SMILES string of the molecule is Cc1ccc(C(=O)N2CCC(C(=O)NCc3ccc(C)c(F)c3)CC2)cc1. The van der Waals surface area contributed by atoms with Crippen LogP contribution in [0.25, 0.3) is 0 Å². The number of carbonyl (C=O) groups excluding carboxylic acids is 2. The standard InChI is InChI=1S/C22H25FN2O2/c1-15-3-7-19(8-4-15)22(27)25-11-9-18(10-12-25)21(26)24-14-17-6-5-16(2)20(23)13-17/h3-8,13,18H,9-12,14H2,1-2H3,(H,24,26). The van der Waals surface area contributed by atoms with E-state index in [1.54, 1.807) is 13.0 Å². The smallest absolute Gasteiger partial charge is 0.253 e. The van der Waals surface area contributed by atoms with Crippen LogP contribution >= 0.6 is 0 Å². The number of aryl methyl sites for hydroxylation is 2. The highest BCUT2D eigenvalue weighted by Gasteiger charge is 2.27. The van der Waals surface area contributed by atoms with Gasteiger partial charge in [-0.1, -0.05) is 29.8 Å². The molecule has 0 radical (unpaired) electrons. The van der Waals surface area contributed by atoms with E-state index in [0.29, 0.717) is 43.6 Å². The Morgan fingerprint density at radius 2 is 1.74 bits per heavy atom. The van der Waals surface area contributed by atoms with Crippen LogP contribution in [-0.4, -0.2) is 29.8 Å². The van der Waals surface area contributed by atoms with Crippen molar-refractivity contribution in [2.45, 2.75) is 33.2 Å². The Morgan fingerprint density at radius 1 is 1.07 bits per heavy atom. The number of hydrogen-bond acceptors (Lipinski definition) is 2. The summed E-state index contributed by atoms with van der Waals surface area (Å²) >= 11 is 0. The van der Waals surface area contributed by atoms with E-state index in [2.05, 4.69) is 5.32 Å². The predicted molar refractivity (Wildman–Crippen MR) is 103 cm³/mol. The first-order chi connectivity index (χ1) is 12.9. The molecule has 0 unspecified atom stereocenters. The van der Waals surface area contributed by atoms with Gasteiger partial charge in [0, 0.05) is 31.1 Å². The molecule has 27 heavy (non-hydrogen) atoms. The first-order valence-corrected chi connectivity index (χ1v) is 9.32. The van der Waals surface area contributed by atoms with E-state index in [1.165, 1.54) is 6.07 Å². The summed E-state index contributed by atoms with van der Waals surface area (Å²) in [5.74, 6) is -0.380. The van der Waals surface area contributed by atoms with E-state index in [1.807, 2.05) is 42.2 Å². The summed E-state index contributed by atoms with van der Waals surface area (Å²) in [6.45, 7) is 5.17. The molecular formula is C22H25FN2O2. The number of likely N-dealkylation sites (tertiary alicyclic amines) is 1. The maximum Gasteiger partial charge on any atom is 0.253 e. The van der Waals surface area contributed by atoms with Gasteiger partial charge >= 0.3 is 0 Å². The molecule has 4 nitrogen and oxygen atoms in total. The van der Waals surface area contributed by atoms with E-state index in [0.717, 1.165) is 11.1 Å². The summed E-state index contributed by atoms with van der Waals surface area (Å²) in [6.07, 6.45) is 1.29. The average Bonchev–Trinajstić information content (AvgIpc) is 2.69. The first-order valence-electron chi connectivity index (χ1n) is 9.32. The molecule has 1 saturated heterocycles. The van der Waals surface area contributed by atoms with Crippen molar-refractivity contribution >= 4 is 11.8 Å². The van der Waals surface area contributed by atoms with Crippen LogP contribution in [-0.2, 0) is 11.3 Å². The van der Waals surface area contributed by atoms with E-state index in [-0.39, 0.29) is 23.5 Å². The minimum Gasteiger partial charge on any atom is -0.352 e. The number of piperidine rings is 1. The lowest BCUT2D eigenvalue weighted by Crippen LogP contribution is -2.42. The van der Waals surface area contributed by atoms with Crippen molar-refractivity contribution in [3.05, 3.63) is 70.5 Å². The van der Waals surface area contributed by atoms with Crippen molar-refractivity contribution in [1.29, 1.82) is 0 Å². The maximum absolute atomic E-state index is 13.6. The Morgan fingerprint density at radius 3 is 2.37 bits per heavy atom. The van der Waals surface area contributed by atoms with Crippen LogP contribution in [0.2, 0.25) is 0 Å². The molecule has 1 N–H and O–H groups in total. The maximum atomic E-state index is 13.6. The first kappa shape index (κ1) is 19.1. The third-order valence-corrected chi connectivity index (χ3v) is 5.15. The second-order valence-electron chi connectivity index (χ2n) is 7.23. The van der Waals surface area contributed by atoms with Crippen LogP contribution in [0.4, 0.5) is 4.39 Å². The molecule has 1 aliphatic rings. The van der Waals surface area contributed by atoms with E-state index in [9.17, 15) is 14.0 Å². The summed E-state index contributed by atoms with van der Waals surface area (Å²) in [5.41, 5.74) is 3.15. The van der Waals surface area contributed by atoms with Gasteiger partial charge in [0.2, 0.25) is 5.91 Å². The summed E-state index contributed by atoms with van der Waals surface area (Å²) in [6, 6.07) is 12.5. The molecule has 2 aromatic carbocycles. The fourth-order valence-electron chi connectivity index (χ4n) is 3.30. The number of carbonyl (C=O) groups is 2. The van der Waals surface area contributed by atoms with Crippen molar-refractivity contribution in [3.8, 4) is 0 Å². The van der Waals surface area contributed by atoms with E-state index < -0.39 is 0 Å². The zero-order valence-corrected chi connectivity index (χ0v) is 15.8. The molecule has 3 rings (SSSR count). The average molecular weight is 368 g/mol. The van der Waals surface area contributed by atoms with Crippen molar-refractivity contribution < 1.29 is 14.0 Å². The van der Waals surface area contributed by atoms with Crippen molar-refractivity contribution in [2.24, 2.45) is 5.92 Å². The molecule has 142 valence electrons. The van der Waals surface area contributed by atoms with E-state index >= 15 is 0 Å². The van der Waals surface area contributed by atoms with Crippen LogP contribution in [0.3, 0.4) is 0 Å². The van der Waals surface area contributed by atoms with Gasteiger partial charge in [-0.15, -0.1) is 0 Å². The topological polar surface area (TPSA) is 49.4 Å². The highest BCUT2D eigenvalue weighted by Crippen LogP contribution is 2.20. The Kier molecular flexibility index (Phi) is 5.89. The zero-order chi connectivity index (χ0) is 19.4. The fraction of sp³-hybridized carbons (Fsp3) is 0.364. The highest BCUT2D eigenvalue weighted by molar-refractivity contribution is 5.94. The van der Waals surface area contributed by atoms with Gasteiger partial charge in [0.05, 0.1) is 0 Å². The second kappa shape index (κ2) is 8.33. The van der Waals surface area contributed by atoms with Crippen molar-refractivity contribution in [2.75, 3.05) is 13.1 Å². The minimum atomic E-state index is -0.260. The van der Waals surface area contributed by atoms with Gasteiger partial charge in [-0.2, -0.15) is 0 Å². The number of nitrogens with one attached hydrogen (secondary N) is 1. The molecule has 0 atom stereocenters. The van der Waals surface area contributed by atoms with Crippen LogP contribution < -0.4 is 5.32 Å². The van der Waals surface area contributed by atoms with Gasteiger partial charge < -0.3 is 10.2 Å². The molecule has 0 spiro atoms. The van der Waals surface area contributed by atoms with Crippen LogP contribution in [0.15, 0.2) is 42.5 Å². The molecule has 1 fully saturated rings. The lowest BCUT2D eigenvalue weighted by atomic mass is 9.95. The number of benzene rings is 2. The lowest BCUT2D eigenvalue weighted by molar-refractivity contribution is -0.126. The van der Waals surface area contributed by atoms with Gasteiger partial charge in [0.15, 0.2) is 0 Å². The Bertz CT molecular complexity index is 825.